The summed E-state index contributed by atoms with van der Waals surface area (Å²) in [7, 11) is -2.88. The van der Waals surface area contributed by atoms with E-state index >= 15 is 0 Å². The highest BCUT2D eigenvalue weighted by atomic mass is 32.2. The standard InChI is InChI=1S/C60H76N7O18PS/c1-78-86(76,77)84-26-8-2-3-9-37-87-51-39-54(72)65(60(51)75)24-21-52(70)63-22-20-53(71)66-40-43-10-4-5-11-44(43)56(55(61)45-12-6-7-13-47(45)66)67(62)25-28-80-30-32-82-34-36-83-35-33-81-31-29-79-27-23-64-59(74)42-16-14-41(15-17-42)50-38-49(69)46-18-19-48(68)57(73)58(46)85-50/h4-7,10-19,38,51,68,73H,2-3,8-9,20-37,39-40,61-62H2,1H3,(H,63,70)(H,64,74)(H,76,77)/b56-55-. The Bertz CT molecular complexity index is 3280. The summed E-state index contributed by atoms with van der Waals surface area (Å²) < 4.78 is 54.5. The molecule has 1 aromatic heterocycles. The fourth-order valence-corrected chi connectivity index (χ4v) is 11.0. The molecule has 1 saturated heterocycles. The molecular weight excluding hydrogens is 1170 g/mol. The number of phosphoric ester groups is 1. The number of nitrogens with two attached hydrogens (primary N) is 2. The van der Waals surface area contributed by atoms with Crippen molar-refractivity contribution in [1.29, 1.82) is 0 Å². The second-order valence-corrected chi connectivity index (χ2v) is 22.9. The van der Waals surface area contributed by atoms with Gasteiger partial charge in [-0.25, -0.2) is 10.4 Å². The Morgan fingerprint density at radius 1 is 0.759 bits per heavy atom. The second kappa shape index (κ2) is 34.4. The van der Waals surface area contributed by atoms with E-state index in [4.69, 9.17) is 44.2 Å². The lowest BCUT2D eigenvalue weighted by atomic mass is 9.95. The van der Waals surface area contributed by atoms with Crippen LogP contribution in [0.3, 0.4) is 0 Å². The van der Waals surface area contributed by atoms with Crippen molar-refractivity contribution in [2.24, 2.45) is 11.6 Å². The molecule has 27 heteroatoms. The van der Waals surface area contributed by atoms with Crippen LogP contribution in [-0.4, -0.2) is 172 Å². The second-order valence-electron chi connectivity index (χ2n) is 20.0. The smallest absolute Gasteiger partial charge is 0.471 e. The van der Waals surface area contributed by atoms with Gasteiger partial charge in [0.25, 0.3) is 5.91 Å². The van der Waals surface area contributed by atoms with Crippen molar-refractivity contribution in [2.75, 3.05) is 117 Å². The largest absolute Gasteiger partial charge is 0.504 e. The van der Waals surface area contributed by atoms with Crippen molar-refractivity contribution in [2.45, 2.75) is 56.7 Å². The third-order valence-corrected chi connectivity index (χ3v) is 16.2. The molecule has 87 heavy (non-hydrogen) atoms. The zero-order valence-corrected chi connectivity index (χ0v) is 50.2. The number of nitrogens with one attached hydrogen (secondary N) is 2. The van der Waals surface area contributed by atoms with E-state index in [2.05, 4.69) is 15.2 Å². The Hall–Kier alpha value is -7.20. The lowest BCUT2D eigenvalue weighted by Crippen LogP contribution is -2.39. The van der Waals surface area contributed by atoms with E-state index in [9.17, 15) is 48.4 Å². The number of hydrazine groups is 1. The average molecular weight is 1250 g/mol. The topological polar surface area (TPSA) is 344 Å². The number of carbonyl (C=O) groups excluding carboxylic acids is 5. The van der Waals surface area contributed by atoms with E-state index < -0.39 is 35.9 Å². The predicted octanol–water partition coefficient (Wildman–Crippen LogP) is 5.27. The lowest BCUT2D eigenvalue weighted by molar-refractivity contribution is -0.138. The number of nitrogens with zero attached hydrogens (tertiary/aromatic N) is 3. The molecule has 7 rings (SSSR count). The molecule has 2 atom stereocenters. The maximum atomic E-state index is 14.0. The van der Waals surface area contributed by atoms with Crippen molar-refractivity contribution < 1.29 is 80.8 Å². The van der Waals surface area contributed by atoms with Gasteiger partial charge in [-0.15, -0.1) is 11.8 Å². The lowest BCUT2D eigenvalue weighted by Gasteiger charge is -2.33. The Balaban J connectivity index is 0.726. The minimum Gasteiger partial charge on any atom is -0.504 e. The minimum atomic E-state index is -3.99. The van der Waals surface area contributed by atoms with E-state index in [1.54, 1.807) is 34.2 Å². The maximum Gasteiger partial charge on any atom is 0.471 e. The molecule has 0 aliphatic carbocycles. The molecule has 470 valence electrons. The van der Waals surface area contributed by atoms with E-state index in [-0.39, 0.29) is 112 Å². The molecule has 5 amide bonds. The summed E-state index contributed by atoms with van der Waals surface area (Å²) in [6, 6.07) is 25.1. The predicted molar refractivity (Wildman–Crippen MR) is 325 cm³/mol. The van der Waals surface area contributed by atoms with Gasteiger partial charge in [-0.05, 0) is 54.5 Å². The van der Waals surface area contributed by atoms with Gasteiger partial charge in [-0.3, -0.25) is 42.7 Å². The first kappa shape index (κ1) is 67.3. The number of phenolic OH excluding ortho intramolecular Hbond substituents is 2. The van der Waals surface area contributed by atoms with Crippen LogP contribution in [-0.2, 0) is 63.0 Å². The molecular formula is C60H76N7O18PS. The number of unbranched alkanes of at least 4 members (excludes halogenated alkanes) is 3. The van der Waals surface area contributed by atoms with Crippen LogP contribution >= 0.6 is 19.6 Å². The van der Waals surface area contributed by atoms with Gasteiger partial charge >= 0.3 is 7.82 Å². The molecule has 5 aromatic rings. The Kier molecular flexibility index (Phi) is 26.6. The van der Waals surface area contributed by atoms with Gasteiger partial charge in [0.2, 0.25) is 29.4 Å². The molecule has 4 aromatic carbocycles. The van der Waals surface area contributed by atoms with Gasteiger partial charge < -0.3 is 69.5 Å². The van der Waals surface area contributed by atoms with Crippen molar-refractivity contribution in [3.8, 4) is 22.8 Å². The fraction of sp³-hybridized carbons (Fsp3) is 0.433. The van der Waals surface area contributed by atoms with Gasteiger partial charge in [0.15, 0.2) is 16.8 Å². The highest BCUT2D eigenvalue weighted by molar-refractivity contribution is 8.00. The number of hydrogen-bond acceptors (Lipinski definition) is 21. The number of rotatable bonds is 37. The molecule has 9 N–H and O–H groups in total. The van der Waals surface area contributed by atoms with Gasteiger partial charge in [-0.2, -0.15) is 0 Å². The summed E-state index contributed by atoms with van der Waals surface area (Å²) in [5.41, 5.74) is 10.9. The van der Waals surface area contributed by atoms with Crippen LogP contribution in [0.25, 0.3) is 33.7 Å². The van der Waals surface area contributed by atoms with Crippen LogP contribution in [0.4, 0.5) is 5.69 Å². The first-order valence-electron chi connectivity index (χ1n) is 28.6. The number of carbonyl (C=O) groups is 5. The molecule has 0 radical (unpaired) electrons. The van der Waals surface area contributed by atoms with Crippen LogP contribution in [0.5, 0.6) is 11.5 Å². The van der Waals surface area contributed by atoms with E-state index in [0.29, 0.717) is 98.8 Å². The summed E-state index contributed by atoms with van der Waals surface area (Å²) in [5, 5.41) is 26.7. The maximum absolute atomic E-state index is 14.0. The normalized spacial score (nSPS) is 15.6. The molecule has 0 saturated carbocycles. The number of hydrogen-bond donors (Lipinski definition) is 7. The number of imide groups is 1. The van der Waals surface area contributed by atoms with Gasteiger partial charge in [0, 0.05) is 74.3 Å². The molecule has 0 spiro atoms. The molecule has 25 nitrogen and oxygen atoms in total. The summed E-state index contributed by atoms with van der Waals surface area (Å²) in [6.45, 7) is 4.06. The van der Waals surface area contributed by atoms with Gasteiger partial charge in [0.05, 0.1) is 113 Å². The summed E-state index contributed by atoms with van der Waals surface area (Å²) >= 11 is 1.40. The van der Waals surface area contributed by atoms with Gasteiger partial charge in [-0.1, -0.05) is 67.4 Å². The first-order chi connectivity index (χ1) is 42.1. The van der Waals surface area contributed by atoms with Crippen LogP contribution in [0.15, 0.2) is 100 Å². The first-order valence-corrected chi connectivity index (χ1v) is 31.1. The number of amides is 5. The summed E-state index contributed by atoms with van der Waals surface area (Å²) in [4.78, 5) is 90.0. The number of para-hydroxylation sites is 1. The number of benzene rings is 4. The zero-order chi connectivity index (χ0) is 62.1. The minimum absolute atomic E-state index is 0.0247. The SMILES string of the molecule is COP(=O)(O)OCCCCCCSC1CC(=O)N(CCC(=O)NCCC(=O)N2Cc3ccccc3/C(N(N)CCOCCOCCOCCOCCOCCNC(=O)c3ccc(-c4cc(=O)c5ccc(O)c(O)c5o4)cc3)=C(/N)c3ccccc32)C1=O. The zero-order valence-electron chi connectivity index (χ0n) is 48.5. The number of thioether (sulfide) groups is 1. The van der Waals surface area contributed by atoms with Crippen molar-refractivity contribution in [1.82, 2.24) is 20.5 Å². The molecule has 3 heterocycles. The number of fused-ring (bicyclic) bond motifs is 3. The average Bonchev–Trinajstić information content (AvgIpc) is 1.68. The Morgan fingerprint density at radius 3 is 2.10 bits per heavy atom. The van der Waals surface area contributed by atoms with Crippen LogP contribution in [0, 0.1) is 0 Å². The number of likely N-dealkylation sites (tertiary alicyclic amines) is 1. The summed E-state index contributed by atoms with van der Waals surface area (Å²) in [6.07, 6.45) is 2.87. The Labute approximate surface area is 507 Å². The number of phenols is 2. The van der Waals surface area contributed by atoms with Crippen LogP contribution in [0.2, 0.25) is 0 Å². The third kappa shape index (κ3) is 19.9. The molecule has 1 fully saturated rings. The van der Waals surface area contributed by atoms with Crippen LogP contribution < -0.4 is 32.5 Å². The number of ether oxygens (including phenoxy) is 5. The fourth-order valence-electron chi connectivity index (χ4n) is 9.38. The van der Waals surface area contributed by atoms with E-state index in [1.807, 2.05) is 48.5 Å². The molecule has 2 unspecified atom stereocenters. The Morgan fingerprint density at radius 2 is 1.40 bits per heavy atom. The van der Waals surface area contributed by atoms with Crippen molar-refractivity contribution >= 4 is 77.2 Å². The van der Waals surface area contributed by atoms with Gasteiger partial charge in [0.1, 0.15) is 5.76 Å². The molecule has 0 bridgehead atoms. The third-order valence-electron chi connectivity index (χ3n) is 14.0. The van der Waals surface area contributed by atoms with Crippen molar-refractivity contribution in [3.63, 3.8) is 0 Å². The number of phosphoric acid groups is 1. The molecule has 2 aliphatic rings. The van der Waals surface area contributed by atoms with Crippen molar-refractivity contribution in [3.05, 3.63) is 123 Å². The number of anilines is 1. The van der Waals surface area contributed by atoms with Crippen LogP contribution in [0.1, 0.15) is 72.0 Å². The van der Waals surface area contributed by atoms with E-state index in [0.717, 1.165) is 42.4 Å². The van der Waals surface area contributed by atoms with E-state index in [1.165, 1.54) is 30.0 Å². The molecule has 2 aliphatic heterocycles. The number of aromatic hydroxyl groups is 2. The highest BCUT2D eigenvalue weighted by Gasteiger charge is 2.38. The quantitative estimate of drug-likeness (QED) is 0.00665. The highest BCUT2D eigenvalue weighted by Crippen LogP contribution is 2.42. The monoisotopic (exact) mass is 1250 g/mol. The summed E-state index contributed by atoms with van der Waals surface area (Å²) in [5.74, 6) is 4.99.